The number of aromatic nitrogens is 1. The second-order valence-corrected chi connectivity index (χ2v) is 10.0. The molecule has 0 radical (unpaired) electrons. The van der Waals surface area contributed by atoms with E-state index in [9.17, 15) is 0 Å². The van der Waals surface area contributed by atoms with Crippen LogP contribution in [0.2, 0.25) is 0 Å². The normalized spacial score (nSPS) is 26.5. The molecule has 0 saturated heterocycles. The molecule has 0 unspecified atom stereocenters. The Morgan fingerprint density at radius 3 is 2.56 bits per heavy atom. The first-order valence-electron chi connectivity index (χ1n) is 11.7. The number of fused-ring (bicyclic) bond motifs is 1. The van der Waals surface area contributed by atoms with E-state index in [4.69, 9.17) is 0 Å². The average molecular weight is 369 g/mol. The van der Waals surface area contributed by atoms with E-state index in [1.165, 1.54) is 64.2 Å². The summed E-state index contributed by atoms with van der Waals surface area (Å²) in [6, 6.07) is 6.39. The number of aryl methyl sites for hydroxylation is 1. The second kappa shape index (κ2) is 9.39. The summed E-state index contributed by atoms with van der Waals surface area (Å²) >= 11 is 0. The molecule has 0 bridgehead atoms. The Bertz CT molecular complexity index is 614. The summed E-state index contributed by atoms with van der Waals surface area (Å²) < 4.78 is 2.33. The van der Waals surface area contributed by atoms with E-state index in [1.54, 1.807) is 0 Å². The standard InChI is InChI=1S/C26H42N/c1-21(2)11-8-12-22(3)24-15-16-25-23(13-9-17-26(24,25)4)14-10-20-27-18-6-5-7-19-27/h5-7,18-19,21-22,24H,8-17,20H2,1-4H3/q+1/t22-,24-,26-/m1/s1. The second-order valence-electron chi connectivity index (χ2n) is 10.0. The van der Waals surface area contributed by atoms with Crippen molar-refractivity contribution in [2.24, 2.45) is 23.2 Å². The molecule has 0 aromatic carbocycles. The van der Waals surface area contributed by atoms with Crippen LogP contribution in [0.25, 0.3) is 0 Å². The fraction of sp³-hybridized carbons (Fsp3) is 0.731. The molecule has 150 valence electrons. The zero-order valence-corrected chi connectivity index (χ0v) is 18.3. The third-order valence-electron chi connectivity index (χ3n) is 7.61. The van der Waals surface area contributed by atoms with Crippen LogP contribution in [0.5, 0.6) is 0 Å². The lowest BCUT2D eigenvalue weighted by Gasteiger charge is -2.41. The minimum Gasteiger partial charge on any atom is -0.205 e. The molecule has 0 aliphatic heterocycles. The maximum atomic E-state index is 2.63. The van der Waals surface area contributed by atoms with E-state index in [-0.39, 0.29) is 0 Å². The van der Waals surface area contributed by atoms with Gasteiger partial charge in [0.15, 0.2) is 12.4 Å². The lowest BCUT2D eigenvalue weighted by molar-refractivity contribution is -0.697. The molecule has 2 aliphatic rings. The maximum Gasteiger partial charge on any atom is 0.168 e. The highest BCUT2D eigenvalue weighted by Crippen LogP contribution is 2.58. The van der Waals surface area contributed by atoms with Gasteiger partial charge in [0.2, 0.25) is 0 Å². The van der Waals surface area contributed by atoms with Crippen LogP contribution in [0.3, 0.4) is 0 Å². The van der Waals surface area contributed by atoms with Crippen molar-refractivity contribution in [2.75, 3.05) is 0 Å². The number of allylic oxidation sites excluding steroid dienone is 2. The molecule has 0 spiro atoms. The minimum absolute atomic E-state index is 0.519. The highest BCUT2D eigenvalue weighted by atomic mass is 14.9. The lowest BCUT2D eigenvalue weighted by Crippen LogP contribution is -2.33. The summed E-state index contributed by atoms with van der Waals surface area (Å²) in [6.45, 7) is 11.1. The van der Waals surface area contributed by atoms with Gasteiger partial charge in [0.05, 0.1) is 0 Å². The molecule has 0 amide bonds. The van der Waals surface area contributed by atoms with Crippen LogP contribution in [-0.2, 0) is 6.54 Å². The van der Waals surface area contributed by atoms with Crippen LogP contribution in [0.15, 0.2) is 41.7 Å². The fourth-order valence-corrected chi connectivity index (χ4v) is 6.16. The van der Waals surface area contributed by atoms with Gasteiger partial charge in [0.1, 0.15) is 6.54 Å². The van der Waals surface area contributed by atoms with E-state index >= 15 is 0 Å². The number of rotatable bonds is 9. The summed E-state index contributed by atoms with van der Waals surface area (Å²) in [5.74, 6) is 2.68. The van der Waals surface area contributed by atoms with Crippen LogP contribution >= 0.6 is 0 Å². The summed E-state index contributed by atoms with van der Waals surface area (Å²) in [4.78, 5) is 0. The van der Waals surface area contributed by atoms with Crippen molar-refractivity contribution in [3.63, 3.8) is 0 Å². The van der Waals surface area contributed by atoms with Gasteiger partial charge < -0.3 is 0 Å². The van der Waals surface area contributed by atoms with Crippen molar-refractivity contribution in [3.05, 3.63) is 41.7 Å². The van der Waals surface area contributed by atoms with Crippen molar-refractivity contribution in [3.8, 4) is 0 Å². The van der Waals surface area contributed by atoms with Gasteiger partial charge in [-0.05, 0) is 61.7 Å². The van der Waals surface area contributed by atoms with Gasteiger partial charge in [0, 0.05) is 18.6 Å². The molecular formula is C26H42N+. The van der Waals surface area contributed by atoms with Gasteiger partial charge >= 0.3 is 0 Å². The fourth-order valence-electron chi connectivity index (χ4n) is 6.16. The molecular weight excluding hydrogens is 326 g/mol. The summed E-state index contributed by atoms with van der Waals surface area (Å²) in [5, 5.41) is 0. The first-order valence-corrected chi connectivity index (χ1v) is 11.7. The van der Waals surface area contributed by atoms with Gasteiger partial charge in [-0.15, -0.1) is 0 Å². The maximum absolute atomic E-state index is 2.63. The number of nitrogens with zero attached hydrogens (tertiary/aromatic N) is 1. The van der Waals surface area contributed by atoms with Crippen LogP contribution in [0.4, 0.5) is 0 Å². The Morgan fingerprint density at radius 1 is 1.04 bits per heavy atom. The van der Waals surface area contributed by atoms with E-state index < -0.39 is 0 Å². The number of pyridine rings is 1. The van der Waals surface area contributed by atoms with Gasteiger partial charge in [-0.2, -0.15) is 0 Å². The molecule has 1 aromatic heterocycles. The van der Waals surface area contributed by atoms with E-state index in [0.717, 1.165) is 24.3 Å². The van der Waals surface area contributed by atoms with Gasteiger partial charge in [-0.1, -0.05) is 64.2 Å². The van der Waals surface area contributed by atoms with Crippen molar-refractivity contribution >= 4 is 0 Å². The predicted molar refractivity (Wildman–Crippen MR) is 115 cm³/mol. The number of hydrogen-bond donors (Lipinski definition) is 0. The third kappa shape index (κ3) is 5.04. The Labute approximate surface area is 168 Å². The lowest BCUT2D eigenvalue weighted by atomic mass is 9.64. The Balaban J connectivity index is 1.60. The topological polar surface area (TPSA) is 3.88 Å². The van der Waals surface area contributed by atoms with Crippen molar-refractivity contribution < 1.29 is 4.57 Å². The Hall–Kier alpha value is -1.11. The number of hydrogen-bond acceptors (Lipinski definition) is 0. The molecule has 3 atom stereocenters. The SMILES string of the molecule is CC(C)CCC[C@@H](C)[C@H]1CCC2=C(CCC[n+]3ccccc3)CCC[C@@]21C. The van der Waals surface area contributed by atoms with Crippen LogP contribution in [0, 0.1) is 23.2 Å². The van der Waals surface area contributed by atoms with Crippen LogP contribution in [0.1, 0.15) is 91.9 Å². The van der Waals surface area contributed by atoms with Gasteiger partial charge in [-0.3, -0.25) is 0 Å². The monoisotopic (exact) mass is 368 g/mol. The molecule has 27 heavy (non-hydrogen) atoms. The van der Waals surface area contributed by atoms with Crippen molar-refractivity contribution in [2.45, 2.75) is 98.4 Å². The first kappa shape index (κ1) is 20.6. The van der Waals surface area contributed by atoms with Gasteiger partial charge in [-0.25, -0.2) is 4.57 Å². The molecule has 3 rings (SSSR count). The highest BCUT2D eigenvalue weighted by Gasteiger charge is 2.46. The largest absolute Gasteiger partial charge is 0.205 e. The summed E-state index contributed by atoms with van der Waals surface area (Å²) in [5.41, 5.74) is 4.26. The van der Waals surface area contributed by atoms with Crippen molar-refractivity contribution in [1.82, 2.24) is 0 Å². The van der Waals surface area contributed by atoms with Gasteiger partial charge in [0.25, 0.3) is 0 Å². The summed E-state index contributed by atoms with van der Waals surface area (Å²) in [7, 11) is 0. The smallest absolute Gasteiger partial charge is 0.168 e. The molecule has 1 heterocycles. The average Bonchev–Trinajstić information content (AvgIpc) is 3.00. The Kier molecular flexibility index (Phi) is 7.17. The Morgan fingerprint density at radius 2 is 1.81 bits per heavy atom. The molecule has 1 aromatic rings. The zero-order chi connectivity index (χ0) is 19.3. The molecule has 1 saturated carbocycles. The molecule has 0 N–H and O–H groups in total. The molecule has 1 fully saturated rings. The third-order valence-corrected chi connectivity index (χ3v) is 7.61. The molecule has 2 aliphatic carbocycles. The van der Waals surface area contributed by atoms with E-state index in [0.29, 0.717) is 5.41 Å². The predicted octanol–water partition coefficient (Wildman–Crippen LogP) is 7.11. The van der Waals surface area contributed by atoms with Crippen molar-refractivity contribution in [1.29, 1.82) is 0 Å². The van der Waals surface area contributed by atoms with Crippen LogP contribution < -0.4 is 4.57 Å². The summed E-state index contributed by atoms with van der Waals surface area (Å²) in [6.07, 6.45) is 18.4. The highest BCUT2D eigenvalue weighted by molar-refractivity contribution is 5.29. The van der Waals surface area contributed by atoms with Crippen LogP contribution in [-0.4, -0.2) is 0 Å². The molecule has 1 heteroatoms. The quantitative estimate of drug-likeness (QED) is 0.323. The van der Waals surface area contributed by atoms with E-state index in [2.05, 4.69) is 62.9 Å². The zero-order valence-electron chi connectivity index (χ0n) is 18.3. The minimum atomic E-state index is 0.519. The van der Waals surface area contributed by atoms with E-state index in [1.807, 2.05) is 11.1 Å². The first-order chi connectivity index (χ1) is 13.0. The molecule has 1 nitrogen and oxygen atoms in total.